The number of nitrogens with one attached hydrogen (secondary N) is 1. The molecule has 0 saturated carbocycles. The van der Waals surface area contributed by atoms with Crippen LogP contribution in [0.25, 0.3) is 21.3 Å². The molecule has 4 aromatic rings. The van der Waals surface area contributed by atoms with Crippen LogP contribution < -0.4 is 16.8 Å². The number of thiophene rings is 2. The molecule has 0 bridgehead atoms. The van der Waals surface area contributed by atoms with Crippen molar-refractivity contribution >= 4 is 61.3 Å². The van der Waals surface area contributed by atoms with Gasteiger partial charge in [0.25, 0.3) is 5.91 Å². The summed E-state index contributed by atoms with van der Waals surface area (Å²) in [5, 5.41) is 13.8. The summed E-state index contributed by atoms with van der Waals surface area (Å²) in [5.74, 6) is -0.788. The number of hydrogen-bond acceptors (Lipinski definition) is 9. The van der Waals surface area contributed by atoms with Crippen LogP contribution in [0.2, 0.25) is 0 Å². The van der Waals surface area contributed by atoms with Crippen LogP contribution >= 0.6 is 22.7 Å². The molecule has 39 heavy (non-hydrogen) atoms. The fourth-order valence-electron chi connectivity index (χ4n) is 5.05. The number of nitrogens with two attached hydrogens (primary N) is 2. The third-order valence-electron chi connectivity index (χ3n) is 6.94. The first-order valence-corrected chi connectivity index (χ1v) is 14.6. The number of ether oxygens (including phenoxy) is 1. The molecule has 1 aromatic carbocycles. The quantitative estimate of drug-likeness (QED) is 0.238. The van der Waals surface area contributed by atoms with Crippen molar-refractivity contribution in [3.63, 3.8) is 0 Å². The molecule has 5 rings (SSSR count). The molecule has 5 N–H and O–H groups in total. The maximum absolute atomic E-state index is 13.7. The molecular formula is C29H29N5O3S2. The van der Waals surface area contributed by atoms with E-state index in [2.05, 4.69) is 16.4 Å². The van der Waals surface area contributed by atoms with Crippen LogP contribution in [0.1, 0.15) is 74.2 Å². The highest BCUT2D eigenvalue weighted by Crippen LogP contribution is 2.44. The number of amides is 1. The van der Waals surface area contributed by atoms with Gasteiger partial charge in [0.05, 0.1) is 17.9 Å². The molecule has 0 radical (unpaired) electrons. The fraction of sp³-hybridized carbons (Fsp3) is 0.310. The Kier molecular flexibility index (Phi) is 7.55. The van der Waals surface area contributed by atoms with Gasteiger partial charge < -0.3 is 21.5 Å². The number of nitrogens with zero attached hydrogens (tertiary/aromatic N) is 2. The van der Waals surface area contributed by atoms with Crippen LogP contribution in [0.4, 0.5) is 16.5 Å². The molecule has 0 aliphatic heterocycles. The normalized spacial score (nSPS) is 13.3. The number of carbonyl (C=O) groups is 2. The topological polar surface area (TPSA) is 144 Å². The van der Waals surface area contributed by atoms with Crippen LogP contribution in [-0.4, -0.2) is 23.5 Å². The van der Waals surface area contributed by atoms with Gasteiger partial charge in [0, 0.05) is 15.8 Å². The van der Waals surface area contributed by atoms with Gasteiger partial charge in [-0.3, -0.25) is 4.79 Å². The van der Waals surface area contributed by atoms with Crippen molar-refractivity contribution in [3.8, 4) is 17.2 Å². The lowest BCUT2D eigenvalue weighted by atomic mass is 9.96. The van der Waals surface area contributed by atoms with Gasteiger partial charge in [0.2, 0.25) is 0 Å². The van der Waals surface area contributed by atoms with Gasteiger partial charge in [0.15, 0.2) is 0 Å². The summed E-state index contributed by atoms with van der Waals surface area (Å²) in [5.41, 5.74) is 17.0. The lowest BCUT2D eigenvalue weighted by molar-refractivity contribution is 0.0526. The lowest BCUT2D eigenvalue weighted by Crippen LogP contribution is -2.15. The van der Waals surface area contributed by atoms with E-state index in [1.54, 1.807) is 6.92 Å². The first-order chi connectivity index (χ1) is 18.8. The Hall–Kier alpha value is -3.94. The van der Waals surface area contributed by atoms with Crippen LogP contribution in [0.3, 0.4) is 0 Å². The van der Waals surface area contributed by atoms with Crippen LogP contribution in [-0.2, 0) is 17.6 Å². The van der Waals surface area contributed by atoms with Gasteiger partial charge in [-0.25, -0.2) is 9.78 Å². The fourth-order valence-corrected chi connectivity index (χ4v) is 7.33. The van der Waals surface area contributed by atoms with E-state index in [0.29, 0.717) is 26.3 Å². The summed E-state index contributed by atoms with van der Waals surface area (Å²) in [7, 11) is 0. The van der Waals surface area contributed by atoms with Gasteiger partial charge in [-0.2, -0.15) is 5.26 Å². The zero-order chi connectivity index (χ0) is 27.7. The molecule has 0 saturated heterocycles. The zero-order valence-corrected chi connectivity index (χ0v) is 23.5. The van der Waals surface area contributed by atoms with Gasteiger partial charge in [-0.1, -0.05) is 42.7 Å². The van der Waals surface area contributed by atoms with Crippen molar-refractivity contribution in [1.82, 2.24) is 4.98 Å². The summed E-state index contributed by atoms with van der Waals surface area (Å²) >= 11 is 2.55. The first kappa shape index (κ1) is 26.7. The Morgan fingerprint density at radius 2 is 1.82 bits per heavy atom. The number of nitriles is 1. The molecule has 8 nitrogen and oxygen atoms in total. The number of aromatic nitrogens is 1. The Morgan fingerprint density at radius 1 is 1.10 bits per heavy atom. The average molecular weight is 560 g/mol. The van der Waals surface area contributed by atoms with Gasteiger partial charge in [0.1, 0.15) is 32.2 Å². The van der Waals surface area contributed by atoms with E-state index in [0.717, 1.165) is 71.4 Å². The summed E-state index contributed by atoms with van der Waals surface area (Å²) in [6.45, 7) is 3.99. The number of fused-ring (bicyclic) bond motifs is 2. The van der Waals surface area contributed by atoms with Gasteiger partial charge in [-0.15, -0.1) is 22.7 Å². The number of aryl methyl sites for hydroxylation is 2. The summed E-state index contributed by atoms with van der Waals surface area (Å²) in [6, 6.07) is 9.83. The highest BCUT2D eigenvalue weighted by atomic mass is 32.1. The van der Waals surface area contributed by atoms with E-state index >= 15 is 0 Å². The Morgan fingerprint density at radius 3 is 2.51 bits per heavy atom. The van der Waals surface area contributed by atoms with E-state index in [4.69, 9.17) is 16.2 Å². The highest BCUT2D eigenvalue weighted by Gasteiger charge is 2.29. The minimum atomic E-state index is -0.442. The molecule has 1 aliphatic rings. The molecule has 1 amide bonds. The second-order valence-electron chi connectivity index (χ2n) is 9.55. The van der Waals surface area contributed by atoms with Crippen molar-refractivity contribution in [3.05, 3.63) is 56.3 Å². The molecule has 0 unspecified atom stereocenters. The zero-order valence-electron chi connectivity index (χ0n) is 21.8. The average Bonchev–Trinajstić information content (AvgIpc) is 3.40. The molecule has 1 aliphatic carbocycles. The van der Waals surface area contributed by atoms with E-state index in [1.807, 2.05) is 31.2 Å². The summed E-state index contributed by atoms with van der Waals surface area (Å²) in [4.78, 5) is 32.9. The second-order valence-corrected chi connectivity index (χ2v) is 11.7. The molecule has 0 fully saturated rings. The van der Waals surface area contributed by atoms with Crippen molar-refractivity contribution in [2.24, 2.45) is 0 Å². The molecule has 3 heterocycles. The van der Waals surface area contributed by atoms with Crippen molar-refractivity contribution in [2.75, 3.05) is 23.4 Å². The molecular weight excluding hydrogens is 530 g/mol. The third-order valence-corrected chi connectivity index (χ3v) is 9.25. The van der Waals surface area contributed by atoms with Crippen molar-refractivity contribution in [2.45, 2.75) is 52.4 Å². The Bertz CT molecular complexity index is 1630. The Balaban J connectivity index is 1.61. The summed E-state index contributed by atoms with van der Waals surface area (Å²) < 4.78 is 5.38. The maximum Gasteiger partial charge on any atom is 0.341 e. The van der Waals surface area contributed by atoms with E-state index in [1.165, 1.54) is 11.3 Å². The number of carbonyl (C=O) groups excluding carboxylic acids is 2. The number of esters is 1. The molecule has 3 aromatic heterocycles. The Labute approximate surface area is 234 Å². The smallest absolute Gasteiger partial charge is 0.341 e. The molecule has 10 heteroatoms. The SMILES string of the molecule is CCOC(=O)c1c(NC(=O)c2sc3nc(N)c(C#N)c(-c4ccc(C)cc4)c3c2N)sc2c1CCCCCC2. The number of anilines is 3. The minimum Gasteiger partial charge on any atom is -0.462 e. The number of nitrogen functional groups attached to an aromatic ring is 2. The van der Waals surface area contributed by atoms with Crippen LogP contribution in [0.15, 0.2) is 24.3 Å². The maximum atomic E-state index is 13.7. The second kappa shape index (κ2) is 11.0. The molecule has 200 valence electrons. The van der Waals surface area contributed by atoms with Gasteiger partial charge >= 0.3 is 5.97 Å². The van der Waals surface area contributed by atoms with E-state index in [-0.39, 0.29) is 28.6 Å². The van der Waals surface area contributed by atoms with Crippen LogP contribution in [0, 0.1) is 18.3 Å². The van der Waals surface area contributed by atoms with Gasteiger partial charge in [-0.05, 0) is 50.7 Å². The summed E-state index contributed by atoms with van der Waals surface area (Å²) in [6.07, 6.45) is 5.94. The molecule has 0 atom stereocenters. The lowest BCUT2D eigenvalue weighted by Gasteiger charge is -2.11. The molecule has 0 spiro atoms. The van der Waals surface area contributed by atoms with E-state index < -0.39 is 11.9 Å². The number of benzene rings is 1. The van der Waals surface area contributed by atoms with Crippen LogP contribution in [0.5, 0.6) is 0 Å². The standard InChI is InChI=1S/C29H29N5O3S2/c1-3-37-29(36)21-17-8-6-4-5-7-9-19(17)38-27(21)34-26(35)24-23(31)22-20(16-12-10-15(2)11-13-16)18(14-30)25(32)33-28(22)39-24/h10-13H,3-9,31H2,1-2H3,(H2,32,33)(H,34,35). The van der Waals surface area contributed by atoms with Crippen molar-refractivity contribution in [1.29, 1.82) is 5.26 Å². The predicted molar refractivity (Wildman–Crippen MR) is 157 cm³/mol. The number of hydrogen-bond donors (Lipinski definition) is 3. The van der Waals surface area contributed by atoms with E-state index in [9.17, 15) is 14.9 Å². The van der Waals surface area contributed by atoms with Crippen molar-refractivity contribution < 1.29 is 14.3 Å². The largest absolute Gasteiger partial charge is 0.462 e. The first-order valence-electron chi connectivity index (χ1n) is 13.0. The monoisotopic (exact) mass is 559 g/mol. The number of pyridine rings is 1. The predicted octanol–water partition coefficient (Wildman–Crippen LogP) is 6.46. The third kappa shape index (κ3) is 4.95. The highest BCUT2D eigenvalue weighted by molar-refractivity contribution is 7.21. The minimum absolute atomic E-state index is 0.0800. The number of rotatable bonds is 5.